The number of unbranched alkanes of at least 4 members (excludes halogenated alkanes) is 3. The highest BCUT2D eigenvalue weighted by Gasteiger charge is 2.10. The Hall–Kier alpha value is -1.71. The topological polar surface area (TPSA) is 61.5 Å². The van der Waals surface area contributed by atoms with E-state index in [0.29, 0.717) is 30.2 Å². The summed E-state index contributed by atoms with van der Waals surface area (Å²) in [6.07, 6.45) is 5.18. The first kappa shape index (κ1) is 16.3. The summed E-state index contributed by atoms with van der Waals surface area (Å²) in [6.45, 7) is 5.30. The van der Waals surface area contributed by atoms with Crippen LogP contribution in [0.5, 0.6) is 5.75 Å². The lowest BCUT2D eigenvalue weighted by molar-refractivity contribution is 0.0500. The molecule has 0 atom stereocenters. The highest BCUT2D eigenvalue weighted by atomic mass is 16.5. The molecule has 112 valence electrons. The minimum Gasteiger partial charge on any atom is -0.491 e. The van der Waals surface area contributed by atoms with E-state index in [1.54, 1.807) is 18.2 Å². The smallest absolute Gasteiger partial charge is 0.338 e. The van der Waals surface area contributed by atoms with Gasteiger partial charge in [-0.05, 0) is 31.0 Å². The Labute approximate surface area is 121 Å². The zero-order chi connectivity index (χ0) is 14.8. The second kappa shape index (κ2) is 9.23. The summed E-state index contributed by atoms with van der Waals surface area (Å²) in [4.78, 5) is 11.8. The van der Waals surface area contributed by atoms with Crippen LogP contribution >= 0.6 is 0 Å². The van der Waals surface area contributed by atoms with Crippen molar-refractivity contribution in [1.82, 2.24) is 0 Å². The number of nitrogen functional groups attached to an aromatic ring is 1. The second-order valence-electron chi connectivity index (χ2n) is 4.80. The Morgan fingerprint density at radius 1 is 1.10 bits per heavy atom. The first-order chi connectivity index (χ1) is 9.69. The molecule has 1 aromatic rings. The van der Waals surface area contributed by atoms with Gasteiger partial charge in [0.05, 0.1) is 24.5 Å². The molecule has 1 aromatic carbocycles. The zero-order valence-electron chi connectivity index (χ0n) is 12.5. The summed E-state index contributed by atoms with van der Waals surface area (Å²) in [5.74, 6) is 0.300. The molecular formula is C16H25NO3. The lowest BCUT2D eigenvalue weighted by atomic mass is 10.2. The highest BCUT2D eigenvalue weighted by Crippen LogP contribution is 2.23. The SMILES string of the molecule is CCCCCOc1ccc(C(=O)OCCCC)cc1N. The molecule has 0 radical (unpaired) electrons. The molecule has 0 heterocycles. The Kier molecular flexibility index (Phi) is 7.55. The number of carbonyl (C=O) groups is 1. The van der Waals surface area contributed by atoms with Gasteiger partial charge in [-0.1, -0.05) is 33.1 Å². The van der Waals surface area contributed by atoms with Gasteiger partial charge in [0, 0.05) is 0 Å². The third kappa shape index (κ3) is 5.51. The molecule has 0 saturated carbocycles. The molecule has 0 aliphatic rings. The quantitative estimate of drug-likeness (QED) is 0.424. The minimum atomic E-state index is -0.331. The van der Waals surface area contributed by atoms with Gasteiger partial charge in [-0.15, -0.1) is 0 Å². The Morgan fingerprint density at radius 2 is 1.85 bits per heavy atom. The summed E-state index contributed by atoms with van der Waals surface area (Å²) >= 11 is 0. The van der Waals surface area contributed by atoms with Crippen molar-refractivity contribution >= 4 is 11.7 Å². The van der Waals surface area contributed by atoms with Crippen LogP contribution in [-0.2, 0) is 4.74 Å². The molecule has 4 heteroatoms. The van der Waals surface area contributed by atoms with Crippen LogP contribution in [0.2, 0.25) is 0 Å². The van der Waals surface area contributed by atoms with Crippen LogP contribution in [0.25, 0.3) is 0 Å². The van der Waals surface area contributed by atoms with Crippen molar-refractivity contribution in [3.8, 4) is 5.75 Å². The standard InChI is InChI=1S/C16H25NO3/c1-3-5-7-11-19-15-9-8-13(12-14(15)17)16(18)20-10-6-4-2/h8-9,12H,3-7,10-11,17H2,1-2H3. The number of hydrogen-bond donors (Lipinski definition) is 1. The zero-order valence-corrected chi connectivity index (χ0v) is 12.5. The molecule has 0 bridgehead atoms. The molecular weight excluding hydrogens is 254 g/mol. The number of benzene rings is 1. The molecule has 0 amide bonds. The summed E-state index contributed by atoms with van der Waals surface area (Å²) in [5.41, 5.74) is 6.85. The van der Waals surface area contributed by atoms with Crippen LogP contribution in [0.15, 0.2) is 18.2 Å². The van der Waals surface area contributed by atoms with E-state index in [1.807, 2.05) is 0 Å². The predicted molar refractivity (Wildman–Crippen MR) is 81.1 cm³/mol. The summed E-state index contributed by atoms with van der Waals surface area (Å²) in [5, 5.41) is 0. The van der Waals surface area contributed by atoms with E-state index in [1.165, 1.54) is 0 Å². The van der Waals surface area contributed by atoms with E-state index in [-0.39, 0.29) is 5.97 Å². The summed E-state index contributed by atoms with van der Waals surface area (Å²) in [7, 11) is 0. The summed E-state index contributed by atoms with van der Waals surface area (Å²) < 4.78 is 10.7. The molecule has 0 aromatic heterocycles. The molecule has 2 N–H and O–H groups in total. The number of esters is 1. The van der Waals surface area contributed by atoms with Crippen molar-refractivity contribution in [3.05, 3.63) is 23.8 Å². The first-order valence-corrected chi connectivity index (χ1v) is 7.38. The monoisotopic (exact) mass is 279 g/mol. The Morgan fingerprint density at radius 3 is 2.50 bits per heavy atom. The fourth-order valence-electron chi connectivity index (χ4n) is 1.73. The Bertz CT molecular complexity index is 418. The lowest BCUT2D eigenvalue weighted by Gasteiger charge is -2.10. The van der Waals surface area contributed by atoms with Gasteiger partial charge in [0.2, 0.25) is 0 Å². The van der Waals surface area contributed by atoms with Crippen molar-refractivity contribution in [1.29, 1.82) is 0 Å². The highest BCUT2D eigenvalue weighted by molar-refractivity contribution is 5.91. The normalized spacial score (nSPS) is 10.3. The summed E-state index contributed by atoms with van der Waals surface area (Å²) in [6, 6.07) is 5.04. The van der Waals surface area contributed by atoms with E-state index in [0.717, 1.165) is 32.1 Å². The third-order valence-electron chi connectivity index (χ3n) is 2.98. The minimum absolute atomic E-state index is 0.331. The van der Waals surface area contributed by atoms with Crippen molar-refractivity contribution < 1.29 is 14.3 Å². The van der Waals surface area contributed by atoms with E-state index in [4.69, 9.17) is 15.2 Å². The average Bonchev–Trinajstić information content (AvgIpc) is 2.45. The molecule has 20 heavy (non-hydrogen) atoms. The molecule has 0 saturated heterocycles. The third-order valence-corrected chi connectivity index (χ3v) is 2.98. The number of nitrogens with two attached hydrogens (primary N) is 1. The fraction of sp³-hybridized carbons (Fsp3) is 0.562. The van der Waals surface area contributed by atoms with Gasteiger partial charge in [0.15, 0.2) is 0 Å². The van der Waals surface area contributed by atoms with Crippen LogP contribution in [0.1, 0.15) is 56.3 Å². The van der Waals surface area contributed by atoms with Gasteiger partial charge in [-0.2, -0.15) is 0 Å². The van der Waals surface area contributed by atoms with Gasteiger partial charge in [0.1, 0.15) is 5.75 Å². The second-order valence-corrected chi connectivity index (χ2v) is 4.80. The van der Waals surface area contributed by atoms with Crippen molar-refractivity contribution in [2.24, 2.45) is 0 Å². The molecule has 0 aliphatic carbocycles. The molecule has 0 aliphatic heterocycles. The number of anilines is 1. The predicted octanol–water partition coefficient (Wildman–Crippen LogP) is 3.79. The number of ether oxygens (including phenoxy) is 2. The molecule has 0 spiro atoms. The molecule has 0 fully saturated rings. The maximum absolute atomic E-state index is 11.8. The van der Waals surface area contributed by atoms with Gasteiger partial charge >= 0.3 is 5.97 Å². The van der Waals surface area contributed by atoms with Crippen molar-refractivity contribution in [2.45, 2.75) is 46.0 Å². The van der Waals surface area contributed by atoms with Crippen LogP contribution in [-0.4, -0.2) is 19.2 Å². The molecule has 1 rings (SSSR count). The van der Waals surface area contributed by atoms with E-state index >= 15 is 0 Å². The number of rotatable bonds is 9. The van der Waals surface area contributed by atoms with Crippen molar-refractivity contribution in [2.75, 3.05) is 18.9 Å². The van der Waals surface area contributed by atoms with E-state index in [2.05, 4.69) is 13.8 Å². The Balaban J connectivity index is 2.51. The van der Waals surface area contributed by atoms with Gasteiger partial charge in [-0.25, -0.2) is 4.79 Å². The molecule has 0 unspecified atom stereocenters. The van der Waals surface area contributed by atoms with Crippen molar-refractivity contribution in [3.63, 3.8) is 0 Å². The van der Waals surface area contributed by atoms with Crippen LogP contribution in [0, 0.1) is 0 Å². The number of hydrogen-bond acceptors (Lipinski definition) is 4. The van der Waals surface area contributed by atoms with Crippen LogP contribution in [0.3, 0.4) is 0 Å². The van der Waals surface area contributed by atoms with E-state index in [9.17, 15) is 4.79 Å². The lowest BCUT2D eigenvalue weighted by Crippen LogP contribution is -2.08. The van der Waals surface area contributed by atoms with E-state index < -0.39 is 0 Å². The molecule has 4 nitrogen and oxygen atoms in total. The van der Waals surface area contributed by atoms with Crippen LogP contribution in [0.4, 0.5) is 5.69 Å². The maximum Gasteiger partial charge on any atom is 0.338 e. The maximum atomic E-state index is 11.8. The van der Waals surface area contributed by atoms with Crippen LogP contribution < -0.4 is 10.5 Å². The average molecular weight is 279 g/mol. The number of carbonyl (C=O) groups excluding carboxylic acids is 1. The van der Waals surface area contributed by atoms with Gasteiger partial charge < -0.3 is 15.2 Å². The fourth-order valence-corrected chi connectivity index (χ4v) is 1.73. The van der Waals surface area contributed by atoms with Gasteiger partial charge in [0.25, 0.3) is 0 Å². The first-order valence-electron chi connectivity index (χ1n) is 7.38. The van der Waals surface area contributed by atoms with Gasteiger partial charge in [-0.3, -0.25) is 0 Å². The largest absolute Gasteiger partial charge is 0.491 e.